The van der Waals surface area contributed by atoms with Gasteiger partial charge in [0, 0.05) is 24.3 Å². The highest BCUT2D eigenvalue weighted by molar-refractivity contribution is 5.86. The number of aromatic nitrogens is 1. The number of nitrogens with zero attached hydrogens (tertiary/aromatic N) is 1. The zero-order chi connectivity index (χ0) is 12.3. The lowest BCUT2D eigenvalue weighted by atomic mass is 10.1. The number of hydrogen-bond donors (Lipinski definition) is 3. The van der Waals surface area contributed by atoms with Gasteiger partial charge in [0.25, 0.3) is 0 Å². The molecule has 1 saturated carbocycles. The highest BCUT2D eigenvalue weighted by atomic mass is 16.4. The summed E-state index contributed by atoms with van der Waals surface area (Å²) in [6.07, 6.45) is 4.18. The van der Waals surface area contributed by atoms with E-state index in [9.17, 15) is 9.90 Å². The molecule has 1 fully saturated rings. The Balaban J connectivity index is 1.94. The Kier molecular flexibility index (Phi) is 3.58. The number of pyridine rings is 1. The minimum absolute atomic E-state index is 0.0296. The molecule has 0 saturated heterocycles. The van der Waals surface area contributed by atoms with E-state index in [2.05, 4.69) is 10.3 Å². The van der Waals surface area contributed by atoms with Crippen molar-refractivity contribution in [1.82, 2.24) is 4.98 Å². The molecule has 0 spiro atoms. The molecule has 1 aromatic heterocycles. The van der Waals surface area contributed by atoms with Crippen molar-refractivity contribution in [1.29, 1.82) is 0 Å². The highest BCUT2D eigenvalue weighted by Crippen LogP contribution is 2.25. The Morgan fingerprint density at radius 1 is 1.53 bits per heavy atom. The maximum Gasteiger partial charge on any atom is 0.354 e. The summed E-state index contributed by atoms with van der Waals surface area (Å²) in [6, 6.07) is 3.23. The molecule has 0 aromatic carbocycles. The van der Waals surface area contributed by atoms with Crippen molar-refractivity contribution in [3.05, 3.63) is 24.0 Å². The molecule has 0 aliphatic heterocycles. The molecule has 5 heteroatoms. The number of aromatic carboxylic acids is 1. The van der Waals surface area contributed by atoms with E-state index in [-0.39, 0.29) is 17.7 Å². The van der Waals surface area contributed by atoms with E-state index in [1.165, 1.54) is 12.3 Å². The van der Waals surface area contributed by atoms with Gasteiger partial charge < -0.3 is 15.5 Å². The van der Waals surface area contributed by atoms with Crippen molar-refractivity contribution in [3.63, 3.8) is 0 Å². The van der Waals surface area contributed by atoms with Crippen LogP contribution in [0.25, 0.3) is 0 Å². The molecule has 1 heterocycles. The van der Waals surface area contributed by atoms with Gasteiger partial charge in [0.2, 0.25) is 0 Å². The van der Waals surface area contributed by atoms with E-state index in [0.29, 0.717) is 6.54 Å². The van der Waals surface area contributed by atoms with Gasteiger partial charge >= 0.3 is 5.97 Å². The lowest BCUT2D eigenvalue weighted by molar-refractivity contribution is 0.0690. The van der Waals surface area contributed by atoms with Crippen molar-refractivity contribution >= 4 is 11.7 Å². The van der Waals surface area contributed by atoms with Crippen LogP contribution >= 0.6 is 0 Å². The van der Waals surface area contributed by atoms with Crippen LogP contribution in [0.2, 0.25) is 0 Å². The predicted molar refractivity (Wildman–Crippen MR) is 63.0 cm³/mol. The molecule has 1 aliphatic carbocycles. The van der Waals surface area contributed by atoms with Gasteiger partial charge in [-0.15, -0.1) is 0 Å². The molecule has 2 rings (SSSR count). The predicted octanol–water partition coefficient (Wildman–Crippen LogP) is 1.35. The number of carbonyl (C=O) groups is 1. The Bertz CT molecular complexity index is 408. The average Bonchev–Trinajstić information content (AvgIpc) is 2.72. The number of rotatable bonds is 4. The van der Waals surface area contributed by atoms with E-state index in [4.69, 9.17) is 5.11 Å². The summed E-state index contributed by atoms with van der Waals surface area (Å²) in [4.78, 5) is 14.5. The number of aliphatic hydroxyl groups excluding tert-OH is 1. The Hall–Kier alpha value is -1.62. The third-order valence-electron chi connectivity index (χ3n) is 3.17. The molecule has 2 unspecified atom stereocenters. The third kappa shape index (κ3) is 2.94. The van der Waals surface area contributed by atoms with E-state index < -0.39 is 5.97 Å². The lowest BCUT2D eigenvalue weighted by Gasteiger charge is -2.15. The molecule has 5 nitrogen and oxygen atoms in total. The zero-order valence-electron chi connectivity index (χ0n) is 9.47. The van der Waals surface area contributed by atoms with Crippen LogP contribution in [0, 0.1) is 5.92 Å². The molecule has 0 bridgehead atoms. The second-order valence-electron chi connectivity index (χ2n) is 4.37. The molecule has 3 N–H and O–H groups in total. The fraction of sp³-hybridized carbons (Fsp3) is 0.500. The van der Waals surface area contributed by atoms with E-state index in [1.807, 2.05) is 0 Å². The van der Waals surface area contributed by atoms with Gasteiger partial charge in [0.1, 0.15) is 5.69 Å². The van der Waals surface area contributed by atoms with Gasteiger partial charge in [-0.25, -0.2) is 9.78 Å². The second-order valence-corrected chi connectivity index (χ2v) is 4.37. The Morgan fingerprint density at radius 3 is 3.00 bits per heavy atom. The average molecular weight is 236 g/mol. The van der Waals surface area contributed by atoms with Crippen LogP contribution in [0.4, 0.5) is 5.69 Å². The molecular weight excluding hydrogens is 220 g/mol. The molecule has 0 amide bonds. The van der Waals surface area contributed by atoms with Gasteiger partial charge in [-0.05, 0) is 25.0 Å². The minimum atomic E-state index is -1.03. The number of carboxylic acids is 1. The van der Waals surface area contributed by atoms with Crippen molar-refractivity contribution in [3.8, 4) is 0 Å². The fourth-order valence-corrected chi connectivity index (χ4v) is 2.16. The molecule has 17 heavy (non-hydrogen) atoms. The number of aliphatic hydroxyl groups is 1. The Labute approximate surface area is 99.5 Å². The van der Waals surface area contributed by atoms with Crippen LogP contribution in [-0.4, -0.2) is 33.8 Å². The number of hydrogen-bond acceptors (Lipinski definition) is 4. The van der Waals surface area contributed by atoms with Gasteiger partial charge in [-0.3, -0.25) is 0 Å². The first kappa shape index (κ1) is 11.9. The molecule has 2 atom stereocenters. The first-order valence-electron chi connectivity index (χ1n) is 5.78. The van der Waals surface area contributed by atoms with Crippen LogP contribution in [-0.2, 0) is 0 Å². The molecule has 1 aromatic rings. The standard InChI is InChI=1S/C12H16N2O3/c15-11-3-1-2-8(11)7-14-9-4-5-13-10(6-9)12(16)17/h4-6,8,11,15H,1-3,7H2,(H,13,14)(H,16,17). The largest absolute Gasteiger partial charge is 0.477 e. The molecule has 92 valence electrons. The van der Waals surface area contributed by atoms with Crippen molar-refractivity contribution in [2.24, 2.45) is 5.92 Å². The van der Waals surface area contributed by atoms with E-state index >= 15 is 0 Å². The SMILES string of the molecule is O=C(O)c1cc(NCC2CCCC2O)ccn1. The monoisotopic (exact) mass is 236 g/mol. The fourth-order valence-electron chi connectivity index (χ4n) is 2.16. The van der Waals surface area contributed by atoms with Crippen molar-refractivity contribution in [2.45, 2.75) is 25.4 Å². The van der Waals surface area contributed by atoms with Crippen LogP contribution in [0.1, 0.15) is 29.8 Å². The molecule has 1 aliphatic rings. The third-order valence-corrected chi connectivity index (χ3v) is 3.17. The maximum atomic E-state index is 10.7. The van der Waals surface area contributed by atoms with Gasteiger partial charge in [0.05, 0.1) is 6.10 Å². The highest BCUT2D eigenvalue weighted by Gasteiger charge is 2.24. The quantitative estimate of drug-likeness (QED) is 0.735. The maximum absolute atomic E-state index is 10.7. The van der Waals surface area contributed by atoms with Gasteiger partial charge in [-0.1, -0.05) is 6.42 Å². The summed E-state index contributed by atoms with van der Waals surface area (Å²) in [5.74, 6) is -0.772. The van der Waals surface area contributed by atoms with Gasteiger partial charge in [0.15, 0.2) is 0 Å². The smallest absolute Gasteiger partial charge is 0.354 e. The first-order valence-corrected chi connectivity index (χ1v) is 5.78. The Morgan fingerprint density at radius 2 is 2.35 bits per heavy atom. The van der Waals surface area contributed by atoms with Crippen molar-refractivity contribution < 1.29 is 15.0 Å². The number of nitrogens with one attached hydrogen (secondary N) is 1. The van der Waals surface area contributed by atoms with Crippen LogP contribution < -0.4 is 5.32 Å². The van der Waals surface area contributed by atoms with Gasteiger partial charge in [-0.2, -0.15) is 0 Å². The minimum Gasteiger partial charge on any atom is -0.477 e. The number of carboxylic acid groups (broad SMARTS) is 1. The summed E-state index contributed by atoms with van der Waals surface area (Å²) in [5.41, 5.74) is 0.762. The molecular formula is C12H16N2O3. The van der Waals surface area contributed by atoms with Crippen molar-refractivity contribution in [2.75, 3.05) is 11.9 Å². The molecule has 0 radical (unpaired) electrons. The zero-order valence-corrected chi connectivity index (χ0v) is 9.47. The number of anilines is 1. The lowest BCUT2D eigenvalue weighted by Crippen LogP contribution is -2.22. The van der Waals surface area contributed by atoms with Crippen LogP contribution in [0.15, 0.2) is 18.3 Å². The second kappa shape index (κ2) is 5.14. The van der Waals surface area contributed by atoms with Crippen LogP contribution in [0.3, 0.4) is 0 Å². The van der Waals surface area contributed by atoms with E-state index in [1.54, 1.807) is 6.07 Å². The summed E-state index contributed by atoms with van der Waals surface area (Å²) < 4.78 is 0. The normalized spacial score (nSPS) is 23.6. The summed E-state index contributed by atoms with van der Waals surface area (Å²) in [7, 11) is 0. The first-order chi connectivity index (χ1) is 8.16. The van der Waals surface area contributed by atoms with E-state index in [0.717, 1.165) is 24.9 Å². The topological polar surface area (TPSA) is 82.5 Å². The summed E-state index contributed by atoms with van der Waals surface area (Å²) in [5, 5.41) is 21.6. The summed E-state index contributed by atoms with van der Waals surface area (Å²) >= 11 is 0. The summed E-state index contributed by atoms with van der Waals surface area (Å²) in [6.45, 7) is 0.671. The van der Waals surface area contributed by atoms with Crippen LogP contribution in [0.5, 0.6) is 0 Å².